The van der Waals surface area contributed by atoms with E-state index in [1.807, 2.05) is 29.6 Å². The van der Waals surface area contributed by atoms with Crippen LogP contribution in [0.5, 0.6) is 0 Å². The van der Waals surface area contributed by atoms with Crippen LogP contribution in [0.3, 0.4) is 0 Å². The standard InChI is InChI=1S/C19H14FN3OS/c20-14-5-6-16-17(9-14)22-23-18(16)19(24)21-10-12-3-1-2-4-15(12)13-7-8-25-11-13/h1-9,11H,10H2,(H,21,24)(H,22,23). The summed E-state index contributed by atoms with van der Waals surface area (Å²) in [5.74, 6) is -0.661. The number of hydrogen-bond acceptors (Lipinski definition) is 3. The minimum Gasteiger partial charge on any atom is -0.347 e. The number of aromatic amines is 1. The Bertz CT molecular complexity index is 1040. The third kappa shape index (κ3) is 3.04. The number of carbonyl (C=O) groups excluding carboxylic acids is 1. The van der Waals surface area contributed by atoms with Crippen molar-refractivity contribution in [3.63, 3.8) is 0 Å². The summed E-state index contributed by atoms with van der Waals surface area (Å²) in [4.78, 5) is 12.5. The van der Waals surface area contributed by atoms with E-state index in [-0.39, 0.29) is 17.4 Å². The van der Waals surface area contributed by atoms with Crippen LogP contribution < -0.4 is 5.32 Å². The quantitative estimate of drug-likeness (QED) is 0.574. The van der Waals surface area contributed by atoms with Crippen molar-refractivity contribution in [3.05, 3.63) is 76.4 Å². The highest BCUT2D eigenvalue weighted by atomic mass is 32.1. The van der Waals surface area contributed by atoms with Crippen molar-refractivity contribution in [1.29, 1.82) is 0 Å². The van der Waals surface area contributed by atoms with Gasteiger partial charge in [-0.15, -0.1) is 0 Å². The number of hydrogen-bond donors (Lipinski definition) is 2. The Kier molecular flexibility index (Phi) is 4.03. The van der Waals surface area contributed by atoms with Gasteiger partial charge in [0, 0.05) is 11.9 Å². The van der Waals surface area contributed by atoms with Crippen LogP contribution in [0.1, 0.15) is 16.1 Å². The van der Waals surface area contributed by atoms with Gasteiger partial charge in [-0.3, -0.25) is 9.89 Å². The molecule has 124 valence electrons. The highest BCUT2D eigenvalue weighted by molar-refractivity contribution is 7.08. The summed E-state index contributed by atoms with van der Waals surface area (Å²) in [6, 6.07) is 14.2. The Morgan fingerprint density at radius 1 is 1.20 bits per heavy atom. The molecule has 0 aliphatic rings. The Hall–Kier alpha value is -2.99. The Labute approximate surface area is 147 Å². The molecule has 0 unspecified atom stereocenters. The van der Waals surface area contributed by atoms with Gasteiger partial charge in [0.1, 0.15) is 5.82 Å². The molecule has 2 N–H and O–H groups in total. The van der Waals surface area contributed by atoms with Gasteiger partial charge in [0.2, 0.25) is 0 Å². The zero-order chi connectivity index (χ0) is 17.2. The number of H-pyrrole nitrogens is 1. The molecule has 0 atom stereocenters. The minimum atomic E-state index is -0.368. The lowest BCUT2D eigenvalue weighted by Crippen LogP contribution is -2.23. The van der Waals surface area contributed by atoms with Crippen LogP contribution in [0, 0.1) is 5.82 Å². The van der Waals surface area contributed by atoms with Crippen LogP contribution in [-0.2, 0) is 6.54 Å². The monoisotopic (exact) mass is 351 g/mol. The lowest BCUT2D eigenvalue weighted by atomic mass is 10.0. The molecule has 2 heterocycles. The van der Waals surface area contributed by atoms with Crippen LogP contribution in [0.4, 0.5) is 4.39 Å². The van der Waals surface area contributed by atoms with Crippen molar-refractivity contribution in [3.8, 4) is 11.1 Å². The number of halogens is 1. The Balaban J connectivity index is 1.56. The van der Waals surface area contributed by atoms with Gasteiger partial charge < -0.3 is 5.32 Å². The summed E-state index contributed by atoms with van der Waals surface area (Å²) in [6.07, 6.45) is 0. The summed E-state index contributed by atoms with van der Waals surface area (Å²) in [7, 11) is 0. The normalized spacial score (nSPS) is 10.9. The second-order valence-corrected chi connectivity index (χ2v) is 6.39. The molecule has 0 aliphatic heterocycles. The van der Waals surface area contributed by atoms with Gasteiger partial charge >= 0.3 is 0 Å². The molecule has 0 aliphatic carbocycles. The van der Waals surface area contributed by atoms with E-state index in [2.05, 4.69) is 27.0 Å². The molecule has 0 spiro atoms. The molecular formula is C19H14FN3OS. The molecule has 0 bridgehead atoms. The number of fused-ring (bicyclic) bond motifs is 1. The highest BCUT2D eigenvalue weighted by Crippen LogP contribution is 2.26. The van der Waals surface area contributed by atoms with E-state index in [1.165, 1.54) is 12.1 Å². The van der Waals surface area contributed by atoms with Crippen molar-refractivity contribution in [2.45, 2.75) is 6.54 Å². The summed E-state index contributed by atoms with van der Waals surface area (Å²) >= 11 is 1.64. The first-order chi connectivity index (χ1) is 12.2. The molecule has 1 amide bonds. The molecular weight excluding hydrogens is 337 g/mol. The molecule has 0 saturated carbocycles. The first-order valence-corrected chi connectivity index (χ1v) is 8.69. The van der Waals surface area contributed by atoms with E-state index in [9.17, 15) is 9.18 Å². The lowest BCUT2D eigenvalue weighted by Gasteiger charge is -2.09. The molecule has 4 nitrogen and oxygen atoms in total. The fourth-order valence-electron chi connectivity index (χ4n) is 2.80. The van der Waals surface area contributed by atoms with Gasteiger partial charge in [-0.2, -0.15) is 16.4 Å². The number of nitrogens with zero attached hydrogens (tertiary/aromatic N) is 1. The second-order valence-electron chi connectivity index (χ2n) is 5.61. The number of rotatable bonds is 4. The summed E-state index contributed by atoms with van der Waals surface area (Å²) < 4.78 is 13.2. The Morgan fingerprint density at radius 2 is 2.08 bits per heavy atom. The Morgan fingerprint density at radius 3 is 2.92 bits per heavy atom. The van der Waals surface area contributed by atoms with E-state index in [4.69, 9.17) is 0 Å². The lowest BCUT2D eigenvalue weighted by molar-refractivity contribution is 0.0947. The predicted octanol–water partition coefficient (Wildman–Crippen LogP) is 4.36. The van der Waals surface area contributed by atoms with Crippen molar-refractivity contribution >= 4 is 28.1 Å². The molecule has 25 heavy (non-hydrogen) atoms. The van der Waals surface area contributed by atoms with E-state index in [0.29, 0.717) is 17.4 Å². The van der Waals surface area contributed by atoms with Crippen molar-refractivity contribution in [1.82, 2.24) is 15.5 Å². The number of benzene rings is 2. The number of amides is 1. The third-order valence-electron chi connectivity index (χ3n) is 4.03. The predicted molar refractivity (Wildman–Crippen MR) is 97.0 cm³/mol. The van der Waals surface area contributed by atoms with E-state index in [0.717, 1.165) is 16.7 Å². The maximum absolute atomic E-state index is 13.2. The molecule has 0 fully saturated rings. The summed E-state index contributed by atoms with van der Waals surface area (Å²) in [5, 5.41) is 14.3. The second kappa shape index (κ2) is 6.49. The number of thiophene rings is 1. The molecule has 0 radical (unpaired) electrons. The molecule has 2 aromatic heterocycles. The average Bonchev–Trinajstić information content (AvgIpc) is 3.29. The largest absolute Gasteiger partial charge is 0.347 e. The summed E-state index contributed by atoms with van der Waals surface area (Å²) in [5.41, 5.74) is 4.03. The van der Waals surface area contributed by atoms with Crippen molar-refractivity contribution in [2.75, 3.05) is 0 Å². The molecule has 0 saturated heterocycles. The van der Waals surface area contributed by atoms with Crippen LogP contribution in [0.2, 0.25) is 0 Å². The van der Waals surface area contributed by atoms with Crippen LogP contribution >= 0.6 is 11.3 Å². The minimum absolute atomic E-state index is 0.267. The fourth-order valence-corrected chi connectivity index (χ4v) is 3.45. The fraction of sp³-hybridized carbons (Fsp3) is 0.0526. The van der Waals surface area contributed by atoms with Crippen molar-refractivity contribution < 1.29 is 9.18 Å². The van der Waals surface area contributed by atoms with Gasteiger partial charge in [-0.1, -0.05) is 24.3 Å². The first kappa shape index (κ1) is 15.5. The first-order valence-electron chi connectivity index (χ1n) is 7.74. The smallest absolute Gasteiger partial charge is 0.272 e. The number of nitrogens with one attached hydrogen (secondary N) is 2. The number of aromatic nitrogens is 2. The zero-order valence-electron chi connectivity index (χ0n) is 13.1. The third-order valence-corrected chi connectivity index (χ3v) is 4.71. The zero-order valence-corrected chi connectivity index (χ0v) is 13.9. The van der Waals surface area contributed by atoms with E-state index >= 15 is 0 Å². The number of carbonyl (C=O) groups is 1. The van der Waals surface area contributed by atoms with Gasteiger partial charge in [-0.25, -0.2) is 4.39 Å². The van der Waals surface area contributed by atoms with Crippen LogP contribution in [0.15, 0.2) is 59.3 Å². The van der Waals surface area contributed by atoms with E-state index in [1.54, 1.807) is 17.4 Å². The molecule has 4 rings (SSSR count). The SMILES string of the molecule is O=C(NCc1ccccc1-c1ccsc1)c1n[nH]c2cc(F)ccc12. The highest BCUT2D eigenvalue weighted by Gasteiger charge is 2.15. The molecule has 6 heteroatoms. The van der Waals surface area contributed by atoms with E-state index < -0.39 is 0 Å². The maximum atomic E-state index is 13.2. The molecule has 2 aromatic carbocycles. The molecule has 4 aromatic rings. The van der Waals surface area contributed by atoms with Crippen LogP contribution in [-0.4, -0.2) is 16.1 Å². The topological polar surface area (TPSA) is 57.8 Å². The van der Waals surface area contributed by atoms with Gasteiger partial charge in [0.25, 0.3) is 5.91 Å². The van der Waals surface area contributed by atoms with Gasteiger partial charge in [-0.05, 0) is 51.7 Å². The van der Waals surface area contributed by atoms with Crippen molar-refractivity contribution in [2.24, 2.45) is 0 Å². The van der Waals surface area contributed by atoms with Gasteiger partial charge in [0.15, 0.2) is 5.69 Å². The maximum Gasteiger partial charge on any atom is 0.272 e. The van der Waals surface area contributed by atoms with Crippen LogP contribution in [0.25, 0.3) is 22.0 Å². The summed E-state index contributed by atoms with van der Waals surface area (Å²) in [6.45, 7) is 0.389. The van der Waals surface area contributed by atoms with Gasteiger partial charge in [0.05, 0.1) is 5.52 Å². The average molecular weight is 351 g/mol.